The Bertz CT molecular complexity index is 3750. The van der Waals surface area contributed by atoms with Crippen LogP contribution in [-0.4, -0.2) is 139 Å². The zero-order valence-electron chi connectivity index (χ0n) is 48.2. The summed E-state index contributed by atoms with van der Waals surface area (Å²) in [6.07, 6.45) is 4.61. The van der Waals surface area contributed by atoms with Crippen LogP contribution in [0.3, 0.4) is 0 Å². The van der Waals surface area contributed by atoms with Crippen LogP contribution >= 0.6 is 11.6 Å². The molecule has 0 unspecified atom stereocenters. The van der Waals surface area contributed by atoms with Gasteiger partial charge in [-0.15, -0.1) is 0 Å². The van der Waals surface area contributed by atoms with Crippen molar-refractivity contribution < 1.29 is 19.1 Å². The fourth-order valence-corrected chi connectivity index (χ4v) is 9.82. The number of aryl methyl sites for hydroxylation is 6. The van der Waals surface area contributed by atoms with Crippen molar-refractivity contribution in [3.8, 4) is 52.0 Å². The lowest BCUT2D eigenvalue weighted by Gasteiger charge is -2.32. The third kappa shape index (κ3) is 14.9. The number of carbonyl (C=O) groups is 2. The first-order valence-electron chi connectivity index (χ1n) is 27.1. The average molecular weight is 1140 g/mol. The van der Waals surface area contributed by atoms with Gasteiger partial charge >= 0.3 is 0 Å². The quantitative estimate of drug-likeness (QED) is 0.0968. The van der Waals surface area contributed by atoms with Gasteiger partial charge in [0.1, 0.15) is 34.2 Å². The zero-order valence-corrected chi connectivity index (χ0v) is 48.9. The molecule has 24 nitrogen and oxygen atoms in total. The highest BCUT2D eigenvalue weighted by Crippen LogP contribution is 2.28. The molecule has 2 amide bonds. The van der Waals surface area contributed by atoms with Crippen LogP contribution in [0.2, 0.25) is 5.15 Å². The van der Waals surface area contributed by atoms with Crippen molar-refractivity contribution in [1.29, 1.82) is 0 Å². The number of hydrogen-bond acceptors (Lipinski definition) is 19. The summed E-state index contributed by atoms with van der Waals surface area (Å²) in [5.41, 5.74) is 15.3. The number of carbonyl (C=O) groups excluding carboxylic acids is 2. The van der Waals surface area contributed by atoms with Gasteiger partial charge in [-0.1, -0.05) is 29.8 Å². The van der Waals surface area contributed by atoms with Crippen LogP contribution in [-0.2, 0) is 19.1 Å². The Morgan fingerprint density at radius 3 is 1.19 bits per heavy atom. The Morgan fingerprint density at radius 1 is 0.482 bits per heavy atom. The summed E-state index contributed by atoms with van der Waals surface area (Å²) in [6, 6.07) is 28.1. The normalized spacial score (nSPS) is 13.7. The van der Waals surface area contributed by atoms with Crippen LogP contribution in [0, 0.1) is 41.5 Å². The second kappa shape index (κ2) is 26.2. The number of methoxy groups -OCH3 is 2. The van der Waals surface area contributed by atoms with Crippen molar-refractivity contribution in [3.63, 3.8) is 0 Å². The van der Waals surface area contributed by atoms with Gasteiger partial charge in [-0.2, -0.15) is 30.2 Å². The molecule has 9 aromatic rings. The molecule has 0 spiro atoms. The second-order valence-electron chi connectivity index (χ2n) is 20.2. The van der Waals surface area contributed by atoms with E-state index in [0.29, 0.717) is 81.1 Å². The maximum absolute atomic E-state index is 11.7. The number of rotatable bonds is 12. The standard InChI is InChI=1S/C22H27N7O2.C20H25N7O.C16H15ClN6O/c1-14-12-15(2)29(27-14)22-25-19(13-20(26-22)23-16(3)30)18-6-5-7-21(24-18)28-10-8-17(31-4)9-11-28;1-13-11-14(2)27(25-13)20-23-17(12-18(21)24-20)16-5-4-6-19(22-16)26-9-7-15(28-3)8-10-26;1-9-7-10(2)23(22-9)16-20-13(8-15(21-16)18-11(3)24)12-5-4-6-14(17)19-12/h5-7,12-13,17H,8-11H2,1-4H3,(H,23,25,26,30);4-6,11-12,15H,7-10H2,1-3H3,(H2,21,23,24);4-8H,1-3H3,(H,18,20,21,24). The van der Waals surface area contributed by atoms with Crippen LogP contribution in [0.15, 0.2) is 91.0 Å². The molecular formula is C58H67ClN20O4. The average Bonchev–Trinajstić information content (AvgIpc) is 4.19. The number of pyridine rings is 3. The molecule has 0 aliphatic carbocycles. The number of piperidine rings is 2. The molecule has 4 N–H and O–H groups in total. The summed E-state index contributed by atoms with van der Waals surface area (Å²) >= 11 is 5.96. The molecule has 25 heteroatoms. The molecule has 11 rings (SSSR count). The molecule has 2 aliphatic rings. The summed E-state index contributed by atoms with van der Waals surface area (Å²) in [5.74, 6) is 3.78. The van der Waals surface area contributed by atoms with E-state index in [4.69, 9.17) is 41.8 Å². The lowest BCUT2D eigenvalue weighted by Crippen LogP contribution is -2.37. The highest BCUT2D eigenvalue weighted by molar-refractivity contribution is 6.29. The Kier molecular flexibility index (Phi) is 18.5. The first-order chi connectivity index (χ1) is 39.9. The van der Waals surface area contributed by atoms with Crippen LogP contribution in [0.4, 0.5) is 29.1 Å². The lowest BCUT2D eigenvalue weighted by molar-refractivity contribution is -0.115. The summed E-state index contributed by atoms with van der Waals surface area (Å²) < 4.78 is 15.9. The summed E-state index contributed by atoms with van der Waals surface area (Å²) in [4.78, 5) is 68.6. The molecular weight excluding hydrogens is 1080 g/mol. The predicted octanol–water partition coefficient (Wildman–Crippen LogP) is 8.41. The number of hydrogen-bond donors (Lipinski definition) is 3. The largest absolute Gasteiger partial charge is 0.384 e. The molecule has 2 fully saturated rings. The fourth-order valence-electron chi connectivity index (χ4n) is 9.66. The zero-order chi connectivity index (χ0) is 58.9. The van der Waals surface area contributed by atoms with E-state index < -0.39 is 0 Å². The molecule has 0 saturated carbocycles. The predicted molar refractivity (Wildman–Crippen MR) is 318 cm³/mol. The Balaban J connectivity index is 0.000000151. The summed E-state index contributed by atoms with van der Waals surface area (Å²) in [5, 5.41) is 19.1. The molecule has 2 saturated heterocycles. The minimum atomic E-state index is -0.224. The topological polar surface area (TPSA) is 279 Å². The molecule has 9 aromatic heterocycles. The first kappa shape index (κ1) is 58.5. The Morgan fingerprint density at radius 2 is 0.843 bits per heavy atom. The van der Waals surface area contributed by atoms with Crippen LogP contribution < -0.4 is 26.2 Å². The van der Waals surface area contributed by atoms with Gasteiger partial charge in [0, 0.05) is 89.5 Å². The van der Waals surface area contributed by atoms with Gasteiger partial charge < -0.3 is 35.6 Å². The molecule has 0 atom stereocenters. The maximum Gasteiger partial charge on any atom is 0.253 e. The molecule has 2 aliphatic heterocycles. The minimum absolute atomic E-state index is 0.202. The van der Waals surface area contributed by atoms with Gasteiger partial charge in [0.25, 0.3) is 17.8 Å². The van der Waals surface area contributed by atoms with E-state index in [1.54, 1.807) is 64.7 Å². The van der Waals surface area contributed by atoms with Crippen LogP contribution in [0.25, 0.3) is 52.0 Å². The number of ether oxygens (including phenoxy) is 2. The van der Waals surface area contributed by atoms with Gasteiger partial charge in [0.05, 0.1) is 63.5 Å². The number of amides is 2. The Hall–Kier alpha value is -9.13. The molecule has 11 heterocycles. The number of nitrogens with zero attached hydrogens (tertiary/aromatic N) is 17. The van der Waals surface area contributed by atoms with E-state index in [-0.39, 0.29) is 11.8 Å². The van der Waals surface area contributed by atoms with Crippen molar-refractivity contribution in [1.82, 2.24) is 74.2 Å². The molecule has 0 aromatic carbocycles. The first-order valence-corrected chi connectivity index (χ1v) is 27.5. The van der Waals surface area contributed by atoms with Crippen molar-refractivity contribution in [2.75, 3.05) is 66.6 Å². The van der Waals surface area contributed by atoms with Gasteiger partial charge in [-0.3, -0.25) is 9.59 Å². The molecule has 83 heavy (non-hydrogen) atoms. The van der Waals surface area contributed by atoms with E-state index in [9.17, 15) is 9.59 Å². The van der Waals surface area contributed by atoms with Gasteiger partial charge in [-0.25, -0.2) is 43.9 Å². The van der Waals surface area contributed by atoms with Gasteiger partial charge in [-0.05, 0) is 122 Å². The fraction of sp³-hybridized carbons (Fsp3) is 0.345. The summed E-state index contributed by atoms with van der Waals surface area (Å²) in [6.45, 7) is 18.1. The third-order valence-electron chi connectivity index (χ3n) is 13.5. The van der Waals surface area contributed by atoms with E-state index in [1.807, 2.05) is 96.1 Å². The summed E-state index contributed by atoms with van der Waals surface area (Å²) in [7, 11) is 3.54. The number of nitrogens with one attached hydrogen (secondary N) is 2. The smallest absolute Gasteiger partial charge is 0.253 e. The number of halogens is 1. The monoisotopic (exact) mass is 1140 g/mol. The van der Waals surface area contributed by atoms with Crippen molar-refractivity contribution in [3.05, 3.63) is 130 Å². The highest BCUT2D eigenvalue weighted by atomic mass is 35.5. The second-order valence-corrected chi connectivity index (χ2v) is 20.6. The van der Waals surface area contributed by atoms with Crippen LogP contribution in [0.1, 0.15) is 73.7 Å². The lowest BCUT2D eigenvalue weighted by atomic mass is 10.1. The minimum Gasteiger partial charge on any atom is -0.384 e. The van der Waals surface area contributed by atoms with E-state index in [2.05, 4.69) is 65.6 Å². The van der Waals surface area contributed by atoms with Crippen molar-refractivity contribution >= 4 is 52.5 Å². The number of aromatic nitrogens is 15. The molecule has 0 radical (unpaired) electrons. The van der Waals surface area contributed by atoms with Crippen molar-refractivity contribution in [2.45, 2.75) is 93.3 Å². The number of nitrogen functional groups attached to an aromatic ring is 1. The maximum atomic E-state index is 11.7. The van der Waals surface area contributed by atoms with E-state index in [0.717, 1.165) is 103 Å². The van der Waals surface area contributed by atoms with Crippen LogP contribution in [0.5, 0.6) is 0 Å². The SMILES string of the molecule is CC(=O)Nc1cc(-c2cccc(Cl)n2)nc(-n2nc(C)cc2C)n1.COC1CCN(c2cccc(-c3cc(N)nc(-n4nc(C)cc4C)n3)n2)CC1.COC1CCN(c2cccc(-c3cc(NC(C)=O)nc(-n4nc(C)cc4C)n3)n2)CC1. The van der Waals surface area contributed by atoms with E-state index >= 15 is 0 Å². The third-order valence-corrected chi connectivity index (χ3v) is 13.7. The van der Waals surface area contributed by atoms with Gasteiger partial charge in [0.15, 0.2) is 0 Å². The van der Waals surface area contributed by atoms with Crippen molar-refractivity contribution in [2.24, 2.45) is 0 Å². The van der Waals surface area contributed by atoms with Gasteiger partial charge in [0.2, 0.25) is 11.8 Å². The Labute approximate surface area is 486 Å². The molecule has 0 bridgehead atoms. The number of nitrogens with two attached hydrogens (primary N) is 1. The number of anilines is 5. The van der Waals surface area contributed by atoms with E-state index in [1.165, 1.54) is 13.8 Å². The molecule has 430 valence electrons. The highest BCUT2D eigenvalue weighted by Gasteiger charge is 2.23.